The van der Waals surface area contributed by atoms with Crippen LogP contribution < -0.4 is 5.43 Å². The van der Waals surface area contributed by atoms with Gasteiger partial charge in [0.05, 0.1) is 23.9 Å². The van der Waals surface area contributed by atoms with Gasteiger partial charge in [-0.25, -0.2) is 5.01 Å². The molecule has 0 aromatic carbocycles. The van der Waals surface area contributed by atoms with Gasteiger partial charge in [0.25, 0.3) is 5.91 Å². The van der Waals surface area contributed by atoms with Crippen LogP contribution in [0.1, 0.15) is 16.2 Å². The summed E-state index contributed by atoms with van der Waals surface area (Å²) in [5, 5.41) is 6.33. The highest BCUT2D eigenvalue weighted by molar-refractivity contribution is 6.34. The van der Waals surface area contributed by atoms with Crippen molar-refractivity contribution in [3.05, 3.63) is 16.4 Å². The summed E-state index contributed by atoms with van der Waals surface area (Å²) < 4.78 is 6.70. The van der Waals surface area contributed by atoms with E-state index in [-0.39, 0.29) is 5.91 Å². The summed E-state index contributed by atoms with van der Waals surface area (Å²) in [6.45, 7) is 4.38. The number of rotatable bonds is 2. The summed E-state index contributed by atoms with van der Waals surface area (Å²) >= 11 is 6.04. The van der Waals surface area contributed by atoms with Gasteiger partial charge >= 0.3 is 0 Å². The number of carbonyl (C=O) groups is 1. The van der Waals surface area contributed by atoms with E-state index in [0.717, 1.165) is 0 Å². The fourth-order valence-electron chi connectivity index (χ4n) is 1.75. The first-order chi connectivity index (χ1) is 8.09. The van der Waals surface area contributed by atoms with E-state index in [2.05, 4.69) is 10.5 Å². The number of hydrogen-bond donors (Lipinski definition) is 1. The Morgan fingerprint density at radius 1 is 1.47 bits per heavy atom. The van der Waals surface area contributed by atoms with Gasteiger partial charge in [-0.1, -0.05) is 11.6 Å². The molecule has 0 radical (unpaired) electrons. The van der Waals surface area contributed by atoms with Gasteiger partial charge in [-0.2, -0.15) is 5.10 Å². The van der Waals surface area contributed by atoms with Crippen LogP contribution in [-0.2, 0) is 11.8 Å². The highest BCUT2D eigenvalue weighted by Gasteiger charge is 2.21. The molecule has 1 aromatic heterocycles. The second-order valence-corrected chi connectivity index (χ2v) is 4.29. The molecule has 0 unspecified atom stereocenters. The Balaban J connectivity index is 2.08. The van der Waals surface area contributed by atoms with E-state index in [4.69, 9.17) is 16.3 Å². The average Bonchev–Trinajstić information content (AvgIpc) is 2.54. The first-order valence-electron chi connectivity index (χ1n) is 5.42. The highest BCUT2D eigenvalue weighted by atomic mass is 35.5. The number of amides is 1. The van der Waals surface area contributed by atoms with Crippen molar-refractivity contribution in [2.24, 2.45) is 7.05 Å². The van der Waals surface area contributed by atoms with Gasteiger partial charge in [-0.3, -0.25) is 14.9 Å². The molecule has 0 atom stereocenters. The zero-order valence-corrected chi connectivity index (χ0v) is 10.6. The zero-order valence-electron chi connectivity index (χ0n) is 9.86. The molecule has 94 valence electrons. The minimum Gasteiger partial charge on any atom is -0.379 e. The topological polar surface area (TPSA) is 59.4 Å². The fraction of sp³-hybridized carbons (Fsp3) is 0.600. The molecule has 0 bridgehead atoms. The Bertz CT molecular complexity index is 426. The normalized spacial score (nSPS) is 17.1. The first kappa shape index (κ1) is 12.3. The third kappa shape index (κ3) is 2.59. The minimum atomic E-state index is -0.236. The van der Waals surface area contributed by atoms with Crippen molar-refractivity contribution in [2.45, 2.75) is 6.92 Å². The second kappa shape index (κ2) is 5.03. The molecule has 1 aromatic rings. The zero-order chi connectivity index (χ0) is 12.4. The van der Waals surface area contributed by atoms with Gasteiger partial charge in [0.15, 0.2) is 0 Å². The smallest absolute Gasteiger partial charge is 0.285 e. The summed E-state index contributed by atoms with van der Waals surface area (Å²) in [5.41, 5.74) is 3.84. The third-order valence-corrected chi connectivity index (χ3v) is 3.09. The van der Waals surface area contributed by atoms with Crippen molar-refractivity contribution in [3.63, 3.8) is 0 Å². The fourth-order valence-corrected chi connectivity index (χ4v) is 2.00. The number of hydrazine groups is 1. The number of ether oxygens (including phenoxy) is 1. The Hall–Kier alpha value is -1.11. The van der Waals surface area contributed by atoms with Gasteiger partial charge < -0.3 is 4.74 Å². The molecule has 1 aliphatic rings. The Morgan fingerprint density at radius 3 is 2.65 bits per heavy atom. The van der Waals surface area contributed by atoms with Crippen molar-refractivity contribution in [1.29, 1.82) is 0 Å². The van der Waals surface area contributed by atoms with E-state index in [0.29, 0.717) is 42.7 Å². The predicted octanol–water partition coefficient (Wildman–Crippen LogP) is 0.359. The van der Waals surface area contributed by atoms with Crippen LogP contribution in [0.15, 0.2) is 0 Å². The maximum Gasteiger partial charge on any atom is 0.285 e. The summed E-state index contributed by atoms with van der Waals surface area (Å²) in [5.74, 6) is -0.236. The number of hydrogen-bond acceptors (Lipinski definition) is 4. The first-order valence-corrected chi connectivity index (χ1v) is 5.80. The largest absolute Gasteiger partial charge is 0.379 e. The van der Waals surface area contributed by atoms with Crippen LogP contribution in [0.2, 0.25) is 5.02 Å². The monoisotopic (exact) mass is 258 g/mol. The number of morpholine rings is 1. The molecule has 6 nitrogen and oxygen atoms in total. The van der Waals surface area contributed by atoms with Crippen molar-refractivity contribution >= 4 is 17.5 Å². The molecule has 1 aliphatic heterocycles. The lowest BCUT2D eigenvalue weighted by atomic mass is 10.3. The van der Waals surface area contributed by atoms with Crippen LogP contribution in [-0.4, -0.2) is 47.0 Å². The molecule has 0 aliphatic carbocycles. The lowest BCUT2D eigenvalue weighted by Crippen LogP contribution is -2.48. The van der Waals surface area contributed by atoms with Crippen LogP contribution in [0.25, 0.3) is 0 Å². The second-order valence-electron chi connectivity index (χ2n) is 3.91. The van der Waals surface area contributed by atoms with Crippen molar-refractivity contribution in [1.82, 2.24) is 20.2 Å². The van der Waals surface area contributed by atoms with Crippen LogP contribution in [0, 0.1) is 6.92 Å². The molecule has 7 heteroatoms. The summed E-state index contributed by atoms with van der Waals surface area (Å²) in [6.07, 6.45) is 0. The molecular formula is C10H15ClN4O2. The molecule has 1 amide bonds. The Morgan fingerprint density at radius 2 is 2.12 bits per heavy atom. The van der Waals surface area contributed by atoms with E-state index in [9.17, 15) is 4.79 Å². The minimum absolute atomic E-state index is 0.236. The number of halogens is 1. The van der Waals surface area contributed by atoms with Crippen LogP contribution in [0.5, 0.6) is 0 Å². The molecule has 0 saturated carbocycles. The Kier molecular flexibility index (Phi) is 3.66. The van der Waals surface area contributed by atoms with Gasteiger partial charge in [-0.15, -0.1) is 0 Å². The van der Waals surface area contributed by atoms with E-state index < -0.39 is 0 Å². The third-order valence-electron chi connectivity index (χ3n) is 2.63. The maximum absolute atomic E-state index is 12.0. The number of aryl methyl sites for hydroxylation is 2. The van der Waals surface area contributed by atoms with Crippen LogP contribution >= 0.6 is 11.6 Å². The van der Waals surface area contributed by atoms with E-state index in [1.54, 1.807) is 14.0 Å². The molecule has 1 N–H and O–H groups in total. The predicted molar refractivity (Wildman–Crippen MR) is 62.8 cm³/mol. The van der Waals surface area contributed by atoms with Gasteiger partial charge in [0, 0.05) is 20.1 Å². The molecule has 2 rings (SSSR count). The lowest BCUT2D eigenvalue weighted by Gasteiger charge is -2.26. The number of nitrogens with one attached hydrogen (secondary N) is 1. The van der Waals surface area contributed by atoms with Crippen molar-refractivity contribution in [3.8, 4) is 0 Å². The maximum atomic E-state index is 12.0. The summed E-state index contributed by atoms with van der Waals surface area (Å²) in [7, 11) is 1.70. The molecule has 0 spiro atoms. The Labute approximate surface area is 104 Å². The van der Waals surface area contributed by atoms with Crippen molar-refractivity contribution < 1.29 is 9.53 Å². The van der Waals surface area contributed by atoms with Crippen LogP contribution in [0.4, 0.5) is 0 Å². The van der Waals surface area contributed by atoms with Crippen molar-refractivity contribution in [2.75, 3.05) is 26.3 Å². The number of nitrogens with zero attached hydrogens (tertiary/aromatic N) is 3. The van der Waals surface area contributed by atoms with Gasteiger partial charge in [0.1, 0.15) is 5.69 Å². The number of aromatic nitrogens is 2. The quantitative estimate of drug-likeness (QED) is 0.832. The molecule has 17 heavy (non-hydrogen) atoms. The average molecular weight is 259 g/mol. The van der Waals surface area contributed by atoms with Gasteiger partial charge in [0.2, 0.25) is 0 Å². The van der Waals surface area contributed by atoms with Crippen LogP contribution in [0.3, 0.4) is 0 Å². The standard InChI is InChI=1S/C10H15ClN4O2/c1-7-8(11)9(14(2)12-7)10(16)13-15-3-5-17-6-4-15/h3-6H2,1-2H3,(H,13,16). The van der Waals surface area contributed by atoms with E-state index in [1.165, 1.54) is 4.68 Å². The SMILES string of the molecule is Cc1nn(C)c(C(=O)NN2CCOCC2)c1Cl. The lowest BCUT2D eigenvalue weighted by molar-refractivity contribution is 0.0123. The van der Waals surface area contributed by atoms with E-state index >= 15 is 0 Å². The summed E-state index contributed by atoms with van der Waals surface area (Å²) in [6, 6.07) is 0. The summed E-state index contributed by atoms with van der Waals surface area (Å²) in [4.78, 5) is 12.0. The molecule has 1 fully saturated rings. The molecule has 1 saturated heterocycles. The molecule has 2 heterocycles. The highest BCUT2D eigenvalue weighted by Crippen LogP contribution is 2.19. The molecular weight excluding hydrogens is 244 g/mol. The van der Waals surface area contributed by atoms with E-state index in [1.807, 2.05) is 5.01 Å². The number of carbonyl (C=O) groups excluding carboxylic acids is 1. The van der Waals surface area contributed by atoms with Gasteiger partial charge in [-0.05, 0) is 6.92 Å².